The van der Waals surface area contributed by atoms with E-state index in [9.17, 15) is 14.4 Å². The minimum Gasteiger partial charge on any atom is -0.341 e. The van der Waals surface area contributed by atoms with Crippen molar-refractivity contribution >= 4 is 17.6 Å². The van der Waals surface area contributed by atoms with Crippen LogP contribution >= 0.6 is 0 Å². The zero-order valence-corrected chi connectivity index (χ0v) is 20.4. The fourth-order valence-electron chi connectivity index (χ4n) is 5.24. The zero-order chi connectivity index (χ0) is 24.1. The molecule has 180 valence electrons. The molecule has 0 spiro atoms. The molecule has 1 unspecified atom stereocenters. The van der Waals surface area contributed by atoms with Gasteiger partial charge >= 0.3 is 0 Å². The van der Waals surface area contributed by atoms with Crippen molar-refractivity contribution in [1.29, 1.82) is 0 Å². The lowest BCUT2D eigenvalue weighted by atomic mass is 9.87. The highest BCUT2D eigenvalue weighted by Gasteiger charge is 2.37. The molecule has 0 aromatic heterocycles. The second-order valence-electron chi connectivity index (χ2n) is 10.1. The number of likely N-dealkylation sites (tertiary alicyclic amines) is 2. The van der Waals surface area contributed by atoms with Gasteiger partial charge in [0.05, 0.1) is 0 Å². The zero-order valence-electron chi connectivity index (χ0n) is 20.4. The molecule has 4 rings (SSSR count). The van der Waals surface area contributed by atoms with Crippen molar-refractivity contribution in [2.45, 2.75) is 58.4 Å². The number of Topliss-reactive ketones (excluding diaryl/α,β-unsaturated/α-hetero) is 1. The summed E-state index contributed by atoms with van der Waals surface area (Å²) in [5, 5.41) is 0. The normalized spacial score (nSPS) is 18.3. The summed E-state index contributed by atoms with van der Waals surface area (Å²) in [5.41, 5.74) is 2.88. The van der Waals surface area contributed by atoms with E-state index < -0.39 is 6.04 Å². The Labute approximate surface area is 203 Å². The Kier molecular flexibility index (Phi) is 7.81. The summed E-state index contributed by atoms with van der Waals surface area (Å²) in [6, 6.07) is 17.1. The van der Waals surface area contributed by atoms with Crippen LogP contribution in [0.25, 0.3) is 0 Å². The Morgan fingerprint density at radius 1 is 0.912 bits per heavy atom. The number of carbonyl (C=O) groups excluding carboxylic acids is 3. The molecule has 0 N–H and O–H groups in total. The summed E-state index contributed by atoms with van der Waals surface area (Å²) in [4.78, 5) is 43.1. The molecule has 2 saturated heterocycles. The van der Waals surface area contributed by atoms with Gasteiger partial charge in [-0.1, -0.05) is 68.4 Å². The summed E-state index contributed by atoms with van der Waals surface area (Å²) in [6.45, 7) is 6.10. The fraction of sp³-hybridized carbons (Fsp3) is 0.483. The van der Waals surface area contributed by atoms with Gasteiger partial charge in [-0.05, 0) is 49.1 Å². The van der Waals surface area contributed by atoms with E-state index >= 15 is 0 Å². The third kappa shape index (κ3) is 5.57. The highest BCUT2D eigenvalue weighted by Crippen LogP contribution is 2.30. The Bertz CT molecular complexity index is 992. The van der Waals surface area contributed by atoms with Crippen molar-refractivity contribution in [3.8, 4) is 0 Å². The minimum atomic E-state index is -0.574. The number of nitrogens with zero attached hydrogens (tertiary/aromatic N) is 2. The maximum Gasteiger partial charge on any atom is 0.250 e. The van der Waals surface area contributed by atoms with Gasteiger partial charge in [0.1, 0.15) is 6.04 Å². The van der Waals surface area contributed by atoms with Crippen LogP contribution in [0.2, 0.25) is 0 Å². The lowest BCUT2D eigenvalue weighted by molar-refractivity contribution is -0.148. The first-order valence-electron chi connectivity index (χ1n) is 12.7. The molecule has 5 nitrogen and oxygen atoms in total. The predicted molar refractivity (Wildman–Crippen MR) is 133 cm³/mol. The van der Waals surface area contributed by atoms with Gasteiger partial charge in [0.15, 0.2) is 5.78 Å². The fourth-order valence-corrected chi connectivity index (χ4v) is 5.24. The van der Waals surface area contributed by atoms with Crippen LogP contribution in [0, 0.1) is 11.8 Å². The third-order valence-electron chi connectivity index (χ3n) is 7.08. The van der Waals surface area contributed by atoms with Crippen LogP contribution in [0.1, 0.15) is 73.5 Å². The Balaban J connectivity index is 1.42. The number of piperidine rings is 2. The monoisotopic (exact) mass is 460 g/mol. The van der Waals surface area contributed by atoms with Gasteiger partial charge < -0.3 is 9.80 Å². The standard InChI is InChI=1S/C29H36N2O3/c1-21(2)20-22-11-13-24(14-12-22)28(33)25-15-18-30(19-16-25)29(34)27(23-8-4-3-5-9-23)31-17-7-6-10-26(31)32/h3-5,8-9,11-14,21,25,27H,6-7,10,15-20H2,1-2H3. The van der Waals surface area contributed by atoms with Gasteiger partial charge in [0, 0.05) is 37.5 Å². The van der Waals surface area contributed by atoms with Crippen molar-refractivity contribution in [2.75, 3.05) is 19.6 Å². The largest absolute Gasteiger partial charge is 0.341 e. The molecule has 0 saturated carbocycles. The number of rotatable bonds is 7. The molecule has 1 atom stereocenters. The molecule has 2 heterocycles. The summed E-state index contributed by atoms with van der Waals surface area (Å²) in [7, 11) is 0. The first kappa shape index (κ1) is 24.2. The highest BCUT2D eigenvalue weighted by atomic mass is 16.2. The molecule has 2 fully saturated rings. The molecule has 0 radical (unpaired) electrons. The SMILES string of the molecule is CC(C)Cc1ccc(C(=O)C2CCN(C(=O)C(c3ccccc3)N3CCCCC3=O)CC2)cc1. The molecule has 2 aromatic carbocycles. The molecule has 0 aliphatic carbocycles. The molecular formula is C29H36N2O3. The van der Waals surface area contributed by atoms with E-state index in [-0.39, 0.29) is 23.5 Å². The molecular weight excluding hydrogens is 424 g/mol. The minimum absolute atomic E-state index is 0.0228. The van der Waals surface area contributed by atoms with Crippen molar-refractivity contribution in [1.82, 2.24) is 9.80 Å². The molecule has 2 aliphatic rings. The first-order valence-corrected chi connectivity index (χ1v) is 12.7. The quantitative estimate of drug-likeness (QED) is 0.543. The number of benzene rings is 2. The maximum absolute atomic E-state index is 13.7. The molecule has 2 aromatic rings. The second-order valence-corrected chi connectivity index (χ2v) is 10.1. The average molecular weight is 461 g/mol. The topological polar surface area (TPSA) is 57.7 Å². The van der Waals surface area contributed by atoms with Crippen LogP contribution < -0.4 is 0 Å². The lowest BCUT2D eigenvalue weighted by Crippen LogP contribution is -2.49. The van der Waals surface area contributed by atoms with Crippen LogP contribution in [0.15, 0.2) is 54.6 Å². The van der Waals surface area contributed by atoms with Crippen molar-refractivity contribution in [2.24, 2.45) is 11.8 Å². The van der Waals surface area contributed by atoms with Gasteiger partial charge in [-0.3, -0.25) is 14.4 Å². The molecule has 2 amide bonds. The molecule has 0 bridgehead atoms. The van der Waals surface area contributed by atoms with Gasteiger partial charge in [-0.2, -0.15) is 0 Å². The smallest absolute Gasteiger partial charge is 0.250 e. The van der Waals surface area contributed by atoms with Gasteiger partial charge in [0.25, 0.3) is 0 Å². The number of hydrogen-bond acceptors (Lipinski definition) is 3. The summed E-state index contributed by atoms with van der Waals surface area (Å²) >= 11 is 0. The van der Waals surface area contributed by atoms with Gasteiger partial charge in [0.2, 0.25) is 11.8 Å². The predicted octanol–water partition coefficient (Wildman–Crippen LogP) is 5.06. The van der Waals surface area contributed by atoms with E-state index in [1.165, 1.54) is 5.56 Å². The van der Waals surface area contributed by atoms with Crippen LogP contribution in [0.3, 0.4) is 0 Å². The Hall–Kier alpha value is -2.95. The summed E-state index contributed by atoms with van der Waals surface area (Å²) in [6.07, 6.45) is 4.65. The van der Waals surface area contributed by atoms with E-state index in [0.29, 0.717) is 44.8 Å². The van der Waals surface area contributed by atoms with Crippen LogP contribution in [0.4, 0.5) is 0 Å². The van der Waals surface area contributed by atoms with E-state index in [1.807, 2.05) is 47.4 Å². The van der Waals surface area contributed by atoms with E-state index in [0.717, 1.165) is 30.4 Å². The summed E-state index contributed by atoms with van der Waals surface area (Å²) in [5.74, 6) is 0.731. The van der Waals surface area contributed by atoms with E-state index in [4.69, 9.17) is 0 Å². The van der Waals surface area contributed by atoms with Crippen LogP contribution in [0.5, 0.6) is 0 Å². The number of amides is 2. The Morgan fingerprint density at radius 2 is 1.59 bits per heavy atom. The van der Waals surface area contributed by atoms with E-state index in [2.05, 4.69) is 26.0 Å². The highest BCUT2D eigenvalue weighted by molar-refractivity contribution is 5.98. The number of hydrogen-bond donors (Lipinski definition) is 0. The number of carbonyl (C=O) groups is 3. The van der Waals surface area contributed by atoms with Crippen LogP contribution in [-0.4, -0.2) is 47.0 Å². The second kappa shape index (κ2) is 11.0. The number of ketones is 1. The maximum atomic E-state index is 13.7. The van der Waals surface area contributed by atoms with Crippen molar-refractivity contribution in [3.63, 3.8) is 0 Å². The molecule has 5 heteroatoms. The van der Waals surface area contributed by atoms with E-state index in [1.54, 1.807) is 4.90 Å². The average Bonchev–Trinajstić information content (AvgIpc) is 2.86. The molecule has 2 aliphatic heterocycles. The molecule has 34 heavy (non-hydrogen) atoms. The van der Waals surface area contributed by atoms with Gasteiger partial charge in [-0.25, -0.2) is 0 Å². The first-order chi connectivity index (χ1) is 16.4. The third-order valence-corrected chi connectivity index (χ3v) is 7.08. The van der Waals surface area contributed by atoms with Gasteiger partial charge in [-0.15, -0.1) is 0 Å². The van der Waals surface area contributed by atoms with Crippen LogP contribution in [-0.2, 0) is 16.0 Å². The van der Waals surface area contributed by atoms with Crippen molar-refractivity contribution in [3.05, 3.63) is 71.3 Å². The Morgan fingerprint density at radius 3 is 2.21 bits per heavy atom. The van der Waals surface area contributed by atoms with Crippen molar-refractivity contribution < 1.29 is 14.4 Å². The lowest BCUT2D eigenvalue weighted by Gasteiger charge is -2.39. The summed E-state index contributed by atoms with van der Waals surface area (Å²) < 4.78 is 0.